The minimum absolute atomic E-state index is 0.0639. The van der Waals surface area contributed by atoms with E-state index in [0.717, 1.165) is 0 Å². The molecule has 8 nitrogen and oxygen atoms in total. The Labute approximate surface area is 133 Å². The Morgan fingerprint density at radius 2 is 2.09 bits per heavy atom. The van der Waals surface area contributed by atoms with Crippen LogP contribution < -0.4 is 9.47 Å². The van der Waals surface area contributed by atoms with Crippen LogP contribution in [0.2, 0.25) is 0 Å². The number of fused-ring (bicyclic) bond motifs is 1. The number of benzene rings is 1. The Kier molecular flexibility index (Phi) is 5.05. The first-order valence-corrected chi connectivity index (χ1v) is 7.07. The molecule has 1 aromatic rings. The third kappa shape index (κ3) is 3.21. The number of nitrogens with zero attached hydrogens (tertiary/aromatic N) is 1. The Morgan fingerprint density at radius 3 is 2.61 bits per heavy atom. The van der Waals surface area contributed by atoms with Gasteiger partial charge in [0.1, 0.15) is 5.75 Å². The normalized spacial score (nSPS) is 19.7. The van der Waals surface area contributed by atoms with Gasteiger partial charge in [-0.15, -0.1) is 0 Å². The lowest BCUT2D eigenvalue weighted by atomic mass is 9.91. The van der Waals surface area contributed by atoms with Gasteiger partial charge in [0, 0.05) is 17.5 Å². The highest BCUT2D eigenvalue weighted by atomic mass is 16.6. The molecule has 2 atom stereocenters. The molecule has 8 heteroatoms. The van der Waals surface area contributed by atoms with Gasteiger partial charge in [-0.05, 0) is 6.92 Å². The van der Waals surface area contributed by atoms with Crippen LogP contribution in [-0.2, 0) is 20.7 Å². The fourth-order valence-corrected chi connectivity index (χ4v) is 2.90. The zero-order valence-corrected chi connectivity index (χ0v) is 13.5. The Balaban J connectivity index is 2.53. The van der Waals surface area contributed by atoms with E-state index in [4.69, 9.17) is 14.2 Å². The van der Waals surface area contributed by atoms with Gasteiger partial charge >= 0.3 is 11.7 Å². The molecule has 0 bridgehead atoms. The summed E-state index contributed by atoms with van der Waals surface area (Å²) >= 11 is 0. The van der Waals surface area contributed by atoms with E-state index in [1.807, 2.05) is 0 Å². The number of nitro groups is 1. The van der Waals surface area contributed by atoms with Crippen molar-refractivity contribution < 1.29 is 28.7 Å². The Hall–Kier alpha value is -2.35. The van der Waals surface area contributed by atoms with Crippen LogP contribution in [0.4, 0.5) is 5.69 Å². The lowest BCUT2D eigenvalue weighted by molar-refractivity contribution is -0.385. The number of hydrogen-bond donors (Lipinski definition) is 0. The molecule has 0 amide bonds. The molecular weight excluding hydrogens is 306 g/mol. The van der Waals surface area contributed by atoms with Gasteiger partial charge in [0.2, 0.25) is 5.75 Å². The van der Waals surface area contributed by atoms with Crippen LogP contribution in [0.25, 0.3) is 0 Å². The molecule has 0 aliphatic carbocycles. The van der Waals surface area contributed by atoms with Crippen molar-refractivity contribution >= 4 is 11.7 Å². The second-order valence-electron chi connectivity index (χ2n) is 5.17. The van der Waals surface area contributed by atoms with Crippen LogP contribution in [0, 0.1) is 10.1 Å². The molecule has 1 aliphatic heterocycles. The summed E-state index contributed by atoms with van der Waals surface area (Å²) in [5.41, 5.74) is 1.16. The van der Waals surface area contributed by atoms with Gasteiger partial charge in [-0.25, -0.2) is 0 Å². The minimum Gasteiger partial charge on any atom is -0.496 e. The molecule has 1 aromatic carbocycles. The summed E-state index contributed by atoms with van der Waals surface area (Å²) in [7, 11) is 4.13. The van der Waals surface area contributed by atoms with Crippen LogP contribution >= 0.6 is 0 Å². The maximum atomic E-state index is 11.5. The summed E-state index contributed by atoms with van der Waals surface area (Å²) in [5, 5.41) is 11.3. The fourth-order valence-electron chi connectivity index (χ4n) is 2.90. The molecule has 1 heterocycles. The maximum absolute atomic E-state index is 11.5. The van der Waals surface area contributed by atoms with Gasteiger partial charge in [-0.3, -0.25) is 14.9 Å². The number of esters is 1. The van der Waals surface area contributed by atoms with Crippen LogP contribution in [0.15, 0.2) is 6.07 Å². The number of carbonyl (C=O) groups is 1. The first-order chi connectivity index (χ1) is 10.9. The van der Waals surface area contributed by atoms with Crippen LogP contribution in [-0.4, -0.2) is 38.3 Å². The maximum Gasteiger partial charge on any atom is 0.314 e. The lowest BCUT2D eigenvalue weighted by Crippen LogP contribution is -2.28. The third-order valence-corrected chi connectivity index (χ3v) is 3.84. The van der Waals surface area contributed by atoms with Crippen molar-refractivity contribution in [3.05, 3.63) is 27.3 Å². The molecule has 1 aliphatic rings. The zero-order chi connectivity index (χ0) is 17.1. The van der Waals surface area contributed by atoms with Crippen molar-refractivity contribution in [2.75, 3.05) is 21.3 Å². The van der Waals surface area contributed by atoms with Crippen molar-refractivity contribution in [1.29, 1.82) is 0 Å². The number of rotatable bonds is 5. The number of nitro benzene ring substituents is 1. The molecule has 0 radical (unpaired) electrons. The summed E-state index contributed by atoms with van der Waals surface area (Å²) in [6, 6.07) is 1.33. The van der Waals surface area contributed by atoms with Crippen molar-refractivity contribution in [1.82, 2.24) is 0 Å². The van der Waals surface area contributed by atoms with Gasteiger partial charge in [0.15, 0.2) is 0 Å². The van der Waals surface area contributed by atoms with E-state index in [2.05, 4.69) is 4.74 Å². The Bertz CT molecular complexity index is 629. The van der Waals surface area contributed by atoms with Crippen molar-refractivity contribution in [2.24, 2.45) is 0 Å². The molecule has 0 saturated heterocycles. The van der Waals surface area contributed by atoms with Gasteiger partial charge < -0.3 is 18.9 Å². The predicted molar refractivity (Wildman–Crippen MR) is 79.8 cm³/mol. The van der Waals surface area contributed by atoms with Crippen molar-refractivity contribution in [3.63, 3.8) is 0 Å². The smallest absolute Gasteiger partial charge is 0.314 e. The summed E-state index contributed by atoms with van der Waals surface area (Å²) in [6.07, 6.45) is -0.464. The average molecular weight is 325 g/mol. The predicted octanol–water partition coefficient (Wildman–Crippen LogP) is 2.18. The largest absolute Gasteiger partial charge is 0.496 e. The topological polar surface area (TPSA) is 97.1 Å². The summed E-state index contributed by atoms with van der Waals surface area (Å²) in [5.74, 6) is 0.148. The molecule has 0 saturated carbocycles. The highest BCUT2D eigenvalue weighted by molar-refractivity contribution is 5.70. The standard InChI is InChI=1S/C15H19NO7/c1-8-14-10(5-9(23-8)6-13(17)21-3)15(22-4)11(16(18)19)7-12(14)20-2/h7-9H,5-6H2,1-4H3/t8-,9-/m1/s1. The van der Waals surface area contributed by atoms with Crippen LogP contribution in [0.5, 0.6) is 11.5 Å². The molecule has 0 N–H and O–H groups in total. The molecular formula is C15H19NO7. The van der Waals surface area contributed by atoms with E-state index in [1.54, 1.807) is 6.92 Å². The van der Waals surface area contributed by atoms with E-state index in [-0.39, 0.29) is 17.9 Å². The first-order valence-electron chi connectivity index (χ1n) is 7.07. The highest BCUT2D eigenvalue weighted by Gasteiger charge is 2.35. The highest BCUT2D eigenvalue weighted by Crippen LogP contribution is 2.46. The fraction of sp³-hybridized carbons (Fsp3) is 0.533. The molecule has 0 aromatic heterocycles. The van der Waals surface area contributed by atoms with Crippen molar-refractivity contribution in [3.8, 4) is 11.5 Å². The number of ether oxygens (including phenoxy) is 4. The monoisotopic (exact) mass is 325 g/mol. The van der Waals surface area contributed by atoms with E-state index in [9.17, 15) is 14.9 Å². The zero-order valence-electron chi connectivity index (χ0n) is 13.5. The third-order valence-electron chi connectivity index (χ3n) is 3.84. The summed E-state index contributed by atoms with van der Waals surface area (Å²) in [4.78, 5) is 22.3. The molecule has 0 unspecified atom stereocenters. The molecule has 2 rings (SSSR count). The second-order valence-corrected chi connectivity index (χ2v) is 5.17. The van der Waals surface area contributed by atoms with E-state index in [1.165, 1.54) is 27.4 Å². The van der Waals surface area contributed by atoms with E-state index < -0.39 is 23.1 Å². The quantitative estimate of drug-likeness (QED) is 0.465. The molecule has 0 spiro atoms. The second kappa shape index (κ2) is 6.82. The molecule has 23 heavy (non-hydrogen) atoms. The van der Waals surface area contributed by atoms with E-state index >= 15 is 0 Å². The van der Waals surface area contributed by atoms with Crippen LogP contribution in [0.1, 0.15) is 30.6 Å². The number of hydrogen-bond acceptors (Lipinski definition) is 7. The van der Waals surface area contributed by atoms with E-state index in [0.29, 0.717) is 23.3 Å². The summed E-state index contributed by atoms with van der Waals surface area (Å²) in [6.45, 7) is 1.80. The number of carbonyl (C=O) groups excluding carboxylic acids is 1. The van der Waals surface area contributed by atoms with Gasteiger partial charge in [0.25, 0.3) is 0 Å². The minimum atomic E-state index is -0.517. The Morgan fingerprint density at radius 1 is 1.39 bits per heavy atom. The van der Waals surface area contributed by atoms with Crippen molar-refractivity contribution in [2.45, 2.75) is 32.0 Å². The van der Waals surface area contributed by atoms with Gasteiger partial charge in [-0.1, -0.05) is 0 Å². The van der Waals surface area contributed by atoms with Gasteiger partial charge in [0.05, 0.1) is 50.9 Å². The SMILES string of the molecule is COC(=O)C[C@H]1Cc2c(OC)c([N+](=O)[O-])cc(OC)c2[C@@H](C)O1. The van der Waals surface area contributed by atoms with Crippen LogP contribution in [0.3, 0.4) is 0 Å². The molecule has 0 fully saturated rings. The lowest BCUT2D eigenvalue weighted by Gasteiger charge is -2.31. The average Bonchev–Trinajstić information content (AvgIpc) is 2.52. The van der Waals surface area contributed by atoms with Gasteiger partial charge in [-0.2, -0.15) is 0 Å². The first kappa shape index (κ1) is 17.0. The number of methoxy groups -OCH3 is 3. The molecule has 126 valence electrons. The summed E-state index contributed by atoms with van der Waals surface area (Å²) < 4.78 is 21.0.